The van der Waals surface area contributed by atoms with E-state index in [0.717, 1.165) is 0 Å². The predicted octanol–water partition coefficient (Wildman–Crippen LogP) is 2.24. The van der Waals surface area contributed by atoms with Gasteiger partial charge in [0.25, 0.3) is 0 Å². The highest BCUT2D eigenvalue weighted by Gasteiger charge is 2.16. The van der Waals surface area contributed by atoms with Crippen LogP contribution in [0.5, 0.6) is 0 Å². The molecule has 1 unspecified atom stereocenters. The highest BCUT2D eigenvalue weighted by atomic mass is 31.2. The standard InChI is InChI=1S/C11H20NO4P/c1-5-16-11(13)10(9(3)12)7-8-17(14,6-2)15-4/h7-8H,5-6,12H2,1-4H3/b8-7+,10-9+. The molecule has 0 fully saturated rings. The summed E-state index contributed by atoms with van der Waals surface area (Å²) in [5.41, 5.74) is 6.10. The van der Waals surface area contributed by atoms with E-state index in [1.165, 1.54) is 19.0 Å². The molecule has 0 heterocycles. The number of ether oxygens (including phenoxy) is 1. The topological polar surface area (TPSA) is 78.6 Å². The van der Waals surface area contributed by atoms with Gasteiger partial charge in [-0.3, -0.25) is 4.57 Å². The van der Waals surface area contributed by atoms with Gasteiger partial charge in [-0.2, -0.15) is 0 Å². The summed E-state index contributed by atoms with van der Waals surface area (Å²) in [6.07, 6.45) is 1.76. The lowest BCUT2D eigenvalue weighted by Gasteiger charge is -2.09. The molecule has 0 saturated heterocycles. The number of hydrogen-bond acceptors (Lipinski definition) is 5. The summed E-state index contributed by atoms with van der Waals surface area (Å²) in [6.45, 7) is 5.30. The Morgan fingerprint density at radius 2 is 2.00 bits per heavy atom. The summed E-state index contributed by atoms with van der Waals surface area (Å²) in [5.74, 6) is 0.859. The Labute approximate surface area is 102 Å². The first kappa shape index (κ1) is 15.9. The molecule has 98 valence electrons. The molecular weight excluding hydrogens is 241 g/mol. The molecule has 6 heteroatoms. The fourth-order valence-corrected chi connectivity index (χ4v) is 2.02. The van der Waals surface area contributed by atoms with Crippen LogP contribution in [0.4, 0.5) is 0 Å². The van der Waals surface area contributed by atoms with E-state index in [-0.39, 0.29) is 12.2 Å². The van der Waals surface area contributed by atoms with Crippen LogP contribution in [-0.4, -0.2) is 25.8 Å². The van der Waals surface area contributed by atoms with E-state index < -0.39 is 13.3 Å². The molecule has 0 aromatic heterocycles. The molecule has 17 heavy (non-hydrogen) atoms. The van der Waals surface area contributed by atoms with Crippen LogP contribution in [0.1, 0.15) is 20.8 Å². The Morgan fingerprint density at radius 1 is 1.41 bits per heavy atom. The van der Waals surface area contributed by atoms with Crippen LogP contribution in [-0.2, 0) is 18.6 Å². The molecule has 0 aliphatic heterocycles. The van der Waals surface area contributed by atoms with Gasteiger partial charge in [-0.15, -0.1) is 0 Å². The first-order chi connectivity index (χ1) is 7.90. The van der Waals surface area contributed by atoms with Crippen molar-refractivity contribution in [3.8, 4) is 0 Å². The summed E-state index contributed by atoms with van der Waals surface area (Å²) in [6, 6.07) is 0. The summed E-state index contributed by atoms with van der Waals surface area (Å²) in [7, 11) is -1.44. The van der Waals surface area contributed by atoms with Crippen molar-refractivity contribution in [2.24, 2.45) is 5.73 Å². The summed E-state index contributed by atoms with van der Waals surface area (Å²) >= 11 is 0. The second-order valence-corrected chi connectivity index (χ2v) is 6.11. The molecule has 0 aromatic carbocycles. The van der Waals surface area contributed by atoms with Crippen molar-refractivity contribution >= 4 is 13.3 Å². The van der Waals surface area contributed by atoms with E-state index in [1.807, 2.05) is 0 Å². The summed E-state index contributed by atoms with van der Waals surface area (Å²) < 4.78 is 21.7. The smallest absolute Gasteiger partial charge is 0.339 e. The molecule has 2 N–H and O–H groups in total. The zero-order valence-electron chi connectivity index (χ0n) is 10.7. The van der Waals surface area contributed by atoms with Gasteiger partial charge in [0, 0.05) is 24.8 Å². The molecule has 0 bridgehead atoms. The van der Waals surface area contributed by atoms with E-state index in [9.17, 15) is 9.36 Å². The molecule has 1 atom stereocenters. The molecule has 5 nitrogen and oxygen atoms in total. The van der Waals surface area contributed by atoms with Crippen molar-refractivity contribution in [3.05, 3.63) is 23.2 Å². The van der Waals surface area contributed by atoms with E-state index in [2.05, 4.69) is 0 Å². The third-order valence-electron chi connectivity index (χ3n) is 2.14. The average Bonchev–Trinajstić information content (AvgIpc) is 2.29. The Bertz CT molecular complexity index is 362. The maximum absolute atomic E-state index is 11.9. The average molecular weight is 261 g/mol. The molecule has 0 rings (SSSR count). The Kier molecular flexibility index (Phi) is 6.85. The zero-order valence-corrected chi connectivity index (χ0v) is 11.6. The fourth-order valence-electron chi connectivity index (χ4n) is 1.05. The number of nitrogens with two attached hydrogens (primary N) is 1. The normalized spacial score (nSPS) is 16.5. The number of esters is 1. The number of allylic oxidation sites excluding steroid dienone is 1. The summed E-state index contributed by atoms with van der Waals surface area (Å²) in [5, 5.41) is 0. The van der Waals surface area contributed by atoms with Crippen LogP contribution in [0.2, 0.25) is 0 Å². The van der Waals surface area contributed by atoms with Gasteiger partial charge < -0.3 is 15.0 Å². The van der Waals surface area contributed by atoms with Crippen LogP contribution in [0, 0.1) is 0 Å². The lowest BCUT2D eigenvalue weighted by molar-refractivity contribution is -0.138. The van der Waals surface area contributed by atoms with Gasteiger partial charge in [-0.1, -0.05) is 6.92 Å². The number of rotatable bonds is 6. The Morgan fingerprint density at radius 3 is 2.35 bits per heavy atom. The summed E-state index contributed by atoms with van der Waals surface area (Å²) in [4.78, 5) is 11.5. The van der Waals surface area contributed by atoms with Crippen molar-refractivity contribution in [1.82, 2.24) is 0 Å². The largest absolute Gasteiger partial charge is 0.462 e. The molecule has 0 amide bonds. The van der Waals surface area contributed by atoms with E-state index in [4.69, 9.17) is 15.0 Å². The molecular formula is C11H20NO4P. The minimum Gasteiger partial charge on any atom is -0.462 e. The first-order valence-electron chi connectivity index (χ1n) is 5.37. The molecule has 0 aliphatic rings. The third-order valence-corrected chi connectivity index (χ3v) is 4.24. The van der Waals surface area contributed by atoms with Crippen LogP contribution in [0.3, 0.4) is 0 Å². The molecule has 0 aromatic rings. The van der Waals surface area contributed by atoms with E-state index >= 15 is 0 Å². The maximum Gasteiger partial charge on any atom is 0.339 e. The van der Waals surface area contributed by atoms with Gasteiger partial charge in [-0.25, -0.2) is 4.79 Å². The number of carbonyl (C=O) groups excluding carboxylic acids is 1. The highest BCUT2D eigenvalue weighted by molar-refractivity contribution is 7.62. The first-order valence-corrected chi connectivity index (χ1v) is 7.25. The van der Waals surface area contributed by atoms with Gasteiger partial charge in [0.05, 0.1) is 12.2 Å². The third kappa shape index (κ3) is 5.20. The van der Waals surface area contributed by atoms with Gasteiger partial charge in [0.2, 0.25) is 7.37 Å². The second-order valence-electron chi connectivity index (χ2n) is 3.36. The highest BCUT2D eigenvalue weighted by Crippen LogP contribution is 2.47. The van der Waals surface area contributed by atoms with Crippen molar-refractivity contribution in [2.75, 3.05) is 19.9 Å². The Balaban J connectivity index is 5.05. The van der Waals surface area contributed by atoms with Gasteiger partial charge in [-0.05, 0) is 19.9 Å². The predicted molar refractivity (Wildman–Crippen MR) is 67.8 cm³/mol. The van der Waals surface area contributed by atoms with Crippen LogP contribution in [0.25, 0.3) is 0 Å². The number of carbonyl (C=O) groups is 1. The van der Waals surface area contributed by atoms with Crippen molar-refractivity contribution in [3.63, 3.8) is 0 Å². The van der Waals surface area contributed by atoms with Crippen LogP contribution in [0.15, 0.2) is 23.2 Å². The molecule has 0 saturated carbocycles. The molecule has 0 spiro atoms. The van der Waals surface area contributed by atoms with Crippen molar-refractivity contribution < 1.29 is 18.6 Å². The van der Waals surface area contributed by atoms with E-state index in [0.29, 0.717) is 11.9 Å². The quantitative estimate of drug-likeness (QED) is 0.343. The van der Waals surface area contributed by atoms with Gasteiger partial charge in [0.1, 0.15) is 0 Å². The minimum absolute atomic E-state index is 0.206. The van der Waals surface area contributed by atoms with E-state index in [1.54, 1.807) is 20.8 Å². The zero-order chi connectivity index (χ0) is 13.5. The van der Waals surface area contributed by atoms with Gasteiger partial charge in [0.15, 0.2) is 0 Å². The molecule has 0 aliphatic carbocycles. The van der Waals surface area contributed by atoms with Crippen LogP contribution >= 0.6 is 7.37 Å². The van der Waals surface area contributed by atoms with Crippen molar-refractivity contribution in [2.45, 2.75) is 20.8 Å². The SMILES string of the molecule is CCOC(=O)C(/C=C/P(=O)(CC)OC)=C(\C)N. The fraction of sp³-hybridized carbons (Fsp3) is 0.545. The second kappa shape index (κ2) is 7.30. The molecule has 0 radical (unpaired) electrons. The number of hydrogen-bond donors (Lipinski definition) is 1. The maximum atomic E-state index is 11.9. The lowest BCUT2D eigenvalue weighted by atomic mass is 10.2. The Hall–Kier alpha value is -1.06. The lowest BCUT2D eigenvalue weighted by Crippen LogP contribution is -2.11. The van der Waals surface area contributed by atoms with Crippen LogP contribution < -0.4 is 5.73 Å². The van der Waals surface area contributed by atoms with Gasteiger partial charge >= 0.3 is 5.97 Å². The van der Waals surface area contributed by atoms with Crippen molar-refractivity contribution in [1.29, 1.82) is 0 Å². The minimum atomic E-state index is -2.81. The monoisotopic (exact) mass is 261 g/mol.